The van der Waals surface area contributed by atoms with Gasteiger partial charge in [-0.15, -0.1) is 36.2 Å². The molecule has 5 nitrogen and oxygen atoms in total. The Morgan fingerprint density at radius 2 is 2.13 bits per heavy atom. The monoisotopic (exact) mass is 376 g/mol. The van der Waals surface area contributed by atoms with Crippen molar-refractivity contribution < 1.29 is 4.79 Å². The van der Waals surface area contributed by atoms with Gasteiger partial charge in [0, 0.05) is 42.1 Å². The Labute approximate surface area is 152 Å². The Bertz CT molecular complexity index is 657. The summed E-state index contributed by atoms with van der Waals surface area (Å²) in [6.45, 7) is 5.44. The summed E-state index contributed by atoms with van der Waals surface area (Å²) < 4.78 is 2.04. The maximum atomic E-state index is 12.7. The van der Waals surface area contributed by atoms with E-state index in [9.17, 15) is 4.79 Å². The lowest BCUT2D eigenvalue weighted by molar-refractivity contribution is 0.0708. The fourth-order valence-corrected chi connectivity index (χ4v) is 3.72. The van der Waals surface area contributed by atoms with Crippen molar-refractivity contribution in [2.45, 2.75) is 32.7 Å². The highest BCUT2D eigenvalue weighted by molar-refractivity contribution is 7.12. The van der Waals surface area contributed by atoms with E-state index in [4.69, 9.17) is 5.73 Å². The molecule has 1 amide bonds. The van der Waals surface area contributed by atoms with Gasteiger partial charge in [-0.3, -0.25) is 9.36 Å². The first-order chi connectivity index (χ1) is 10.1. The van der Waals surface area contributed by atoms with Crippen molar-refractivity contribution in [2.75, 3.05) is 13.1 Å². The molecule has 3 rings (SSSR count). The first-order valence-electron chi connectivity index (χ1n) is 7.21. The van der Waals surface area contributed by atoms with Crippen LogP contribution in [0.1, 0.15) is 34.6 Å². The smallest absolute Gasteiger partial charge is 0.255 e. The second-order valence-corrected chi connectivity index (χ2v) is 6.46. The summed E-state index contributed by atoms with van der Waals surface area (Å²) in [5.74, 6) is 0.0843. The van der Waals surface area contributed by atoms with Crippen LogP contribution in [0.4, 0.5) is 0 Å². The Hall–Kier alpha value is -1.08. The lowest BCUT2D eigenvalue weighted by Gasteiger charge is -2.30. The third-order valence-electron chi connectivity index (χ3n) is 4.02. The van der Waals surface area contributed by atoms with Crippen LogP contribution in [0.15, 0.2) is 17.6 Å². The summed E-state index contributed by atoms with van der Waals surface area (Å²) in [6, 6.07) is 2.06. The first kappa shape index (κ1) is 20.0. The Morgan fingerprint density at radius 1 is 1.39 bits per heavy atom. The van der Waals surface area contributed by atoms with E-state index in [1.807, 2.05) is 34.8 Å². The largest absolute Gasteiger partial charge is 0.337 e. The minimum atomic E-state index is 0. The Morgan fingerprint density at radius 3 is 2.74 bits per heavy atom. The maximum absolute atomic E-state index is 12.7. The summed E-state index contributed by atoms with van der Waals surface area (Å²) in [6.07, 6.45) is 3.77. The number of carbonyl (C=O) groups excluding carboxylic acids is 1. The SMILES string of the molecule is Cc1cc(C(=O)N2CCCC(N)C2)c(C)n1-c1nccs1.Cl.Cl. The molecule has 0 aromatic carbocycles. The van der Waals surface area contributed by atoms with Crippen LogP contribution in [0.3, 0.4) is 0 Å². The predicted molar refractivity (Wildman–Crippen MR) is 98.5 cm³/mol. The number of rotatable bonds is 2. The van der Waals surface area contributed by atoms with E-state index < -0.39 is 0 Å². The van der Waals surface area contributed by atoms with Gasteiger partial charge < -0.3 is 10.6 Å². The molecule has 0 aliphatic carbocycles. The number of carbonyl (C=O) groups is 1. The van der Waals surface area contributed by atoms with Crippen molar-refractivity contribution >= 4 is 42.1 Å². The normalized spacial score (nSPS) is 17.3. The first-order valence-corrected chi connectivity index (χ1v) is 8.09. The molecule has 1 atom stereocenters. The van der Waals surface area contributed by atoms with Crippen molar-refractivity contribution in [1.29, 1.82) is 0 Å². The molecule has 0 saturated carbocycles. The van der Waals surface area contributed by atoms with E-state index in [1.54, 1.807) is 17.5 Å². The standard InChI is InChI=1S/C15H20N4OS.2ClH/c1-10-8-13(11(2)19(10)15-17-5-7-21-15)14(20)18-6-3-4-12(16)9-18;;/h5,7-8,12H,3-4,6,9,16H2,1-2H3;2*1H. The zero-order chi connectivity index (χ0) is 15.0. The molecule has 0 bridgehead atoms. The van der Waals surface area contributed by atoms with E-state index in [0.717, 1.165) is 41.5 Å². The van der Waals surface area contributed by atoms with Crippen LogP contribution in [0, 0.1) is 13.8 Å². The number of thiazole rings is 1. The van der Waals surface area contributed by atoms with Gasteiger partial charge in [0.05, 0.1) is 5.56 Å². The van der Waals surface area contributed by atoms with E-state index in [0.29, 0.717) is 6.54 Å². The summed E-state index contributed by atoms with van der Waals surface area (Å²) in [5.41, 5.74) is 8.73. The number of piperidine rings is 1. The van der Waals surface area contributed by atoms with Gasteiger partial charge in [0.2, 0.25) is 0 Å². The molecule has 2 aromatic rings. The van der Waals surface area contributed by atoms with Crippen LogP contribution in [-0.4, -0.2) is 39.5 Å². The average molecular weight is 377 g/mol. The third-order valence-corrected chi connectivity index (χ3v) is 4.77. The van der Waals surface area contributed by atoms with Gasteiger partial charge in [-0.1, -0.05) is 0 Å². The van der Waals surface area contributed by atoms with Crippen LogP contribution in [0.2, 0.25) is 0 Å². The summed E-state index contributed by atoms with van der Waals surface area (Å²) in [4.78, 5) is 19.0. The van der Waals surface area contributed by atoms with Crippen LogP contribution in [-0.2, 0) is 0 Å². The number of aryl methyl sites for hydroxylation is 1. The van der Waals surface area contributed by atoms with Gasteiger partial charge in [-0.05, 0) is 32.8 Å². The lowest BCUT2D eigenvalue weighted by Crippen LogP contribution is -2.45. The van der Waals surface area contributed by atoms with Crippen molar-refractivity contribution in [3.05, 3.63) is 34.6 Å². The second-order valence-electron chi connectivity index (χ2n) is 5.59. The number of halogens is 2. The molecule has 128 valence electrons. The van der Waals surface area contributed by atoms with Crippen LogP contribution >= 0.6 is 36.2 Å². The number of likely N-dealkylation sites (tertiary alicyclic amines) is 1. The highest BCUT2D eigenvalue weighted by atomic mass is 35.5. The lowest BCUT2D eigenvalue weighted by atomic mass is 10.1. The maximum Gasteiger partial charge on any atom is 0.255 e. The molecule has 1 fully saturated rings. The third kappa shape index (κ3) is 3.88. The molecular formula is C15H22Cl2N4OS. The van der Waals surface area contributed by atoms with Gasteiger partial charge in [-0.2, -0.15) is 0 Å². The van der Waals surface area contributed by atoms with Crippen LogP contribution < -0.4 is 5.73 Å². The number of hydrogen-bond donors (Lipinski definition) is 1. The molecular weight excluding hydrogens is 355 g/mol. The molecule has 0 radical (unpaired) electrons. The summed E-state index contributed by atoms with van der Waals surface area (Å²) >= 11 is 1.57. The Balaban J connectivity index is 0.00000132. The fourth-order valence-electron chi connectivity index (χ4n) is 2.96. The molecule has 1 saturated heterocycles. The zero-order valence-corrected chi connectivity index (χ0v) is 15.6. The fraction of sp³-hybridized carbons (Fsp3) is 0.467. The molecule has 1 aliphatic heterocycles. The topological polar surface area (TPSA) is 64.2 Å². The van der Waals surface area contributed by atoms with Crippen molar-refractivity contribution in [2.24, 2.45) is 5.73 Å². The van der Waals surface area contributed by atoms with Crippen molar-refractivity contribution in [1.82, 2.24) is 14.5 Å². The molecule has 23 heavy (non-hydrogen) atoms. The number of nitrogens with zero attached hydrogens (tertiary/aromatic N) is 3. The van der Waals surface area contributed by atoms with E-state index in [1.165, 1.54) is 0 Å². The average Bonchev–Trinajstić information content (AvgIpc) is 3.06. The van der Waals surface area contributed by atoms with Gasteiger partial charge in [0.15, 0.2) is 5.13 Å². The molecule has 1 unspecified atom stereocenters. The number of aromatic nitrogens is 2. The van der Waals surface area contributed by atoms with Gasteiger partial charge in [-0.25, -0.2) is 4.98 Å². The number of amides is 1. The van der Waals surface area contributed by atoms with E-state index >= 15 is 0 Å². The zero-order valence-electron chi connectivity index (χ0n) is 13.2. The van der Waals surface area contributed by atoms with Gasteiger partial charge in [0.25, 0.3) is 5.91 Å². The van der Waals surface area contributed by atoms with Crippen LogP contribution in [0.5, 0.6) is 0 Å². The van der Waals surface area contributed by atoms with E-state index in [2.05, 4.69) is 4.98 Å². The predicted octanol–water partition coefficient (Wildman–Crippen LogP) is 2.96. The molecule has 0 spiro atoms. The molecule has 1 aliphatic rings. The minimum absolute atomic E-state index is 0. The van der Waals surface area contributed by atoms with Crippen LogP contribution in [0.25, 0.3) is 5.13 Å². The highest BCUT2D eigenvalue weighted by Crippen LogP contribution is 2.24. The second kappa shape index (κ2) is 8.15. The summed E-state index contributed by atoms with van der Waals surface area (Å²) in [7, 11) is 0. The van der Waals surface area contributed by atoms with E-state index in [-0.39, 0.29) is 36.8 Å². The van der Waals surface area contributed by atoms with Crippen molar-refractivity contribution in [3.63, 3.8) is 0 Å². The number of hydrogen-bond acceptors (Lipinski definition) is 4. The number of nitrogens with two attached hydrogens (primary N) is 1. The summed E-state index contributed by atoms with van der Waals surface area (Å²) in [5, 5.41) is 2.85. The van der Waals surface area contributed by atoms with Crippen molar-refractivity contribution in [3.8, 4) is 5.13 Å². The van der Waals surface area contributed by atoms with Gasteiger partial charge >= 0.3 is 0 Å². The Kier molecular flexibility index (Phi) is 7.07. The minimum Gasteiger partial charge on any atom is -0.337 e. The van der Waals surface area contributed by atoms with Gasteiger partial charge in [0.1, 0.15) is 0 Å². The molecule has 3 heterocycles. The molecule has 8 heteroatoms. The quantitative estimate of drug-likeness (QED) is 0.875. The molecule has 2 aromatic heterocycles. The molecule has 2 N–H and O–H groups in total. The highest BCUT2D eigenvalue weighted by Gasteiger charge is 2.25.